The molecule has 9 heteroatoms. The maximum Gasteiger partial charge on any atom is 0.255 e. The van der Waals surface area contributed by atoms with E-state index in [1.807, 2.05) is 0 Å². The van der Waals surface area contributed by atoms with Gasteiger partial charge >= 0.3 is 0 Å². The minimum absolute atomic E-state index is 0.00980. The highest BCUT2D eigenvalue weighted by Gasteiger charge is 2.26. The molecule has 1 heterocycles. The monoisotopic (exact) mass is 376 g/mol. The van der Waals surface area contributed by atoms with Gasteiger partial charge in [0.1, 0.15) is 10.6 Å². The van der Waals surface area contributed by atoms with Crippen LogP contribution in [0.25, 0.3) is 0 Å². The molecule has 0 radical (unpaired) electrons. The zero-order valence-corrected chi connectivity index (χ0v) is 15.5. The summed E-state index contributed by atoms with van der Waals surface area (Å²) >= 11 is 0. The van der Waals surface area contributed by atoms with Crippen molar-refractivity contribution in [3.05, 3.63) is 53.9 Å². The predicted molar refractivity (Wildman–Crippen MR) is 97.5 cm³/mol. The molecular formula is C17H20N4O4S. The van der Waals surface area contributed by atoms with Gasteiger partial charge < -0.3 is 4.74 Å². The smallest absolute Gasteiger partial charge is 0.255 e. The van der Waals surface area contributed by atoms with Crippen molar-refractivity contribution >= 4 is 22.1 Å². The fourth-order valence-corrected chi connectivity index (χ4v) is 3.47. The number of methoxy groups -OCH3 is 1. The van der Waals surface area contributed by atoms with E-state index in [2.05, 4.69) is 15.5 Å². The summed E-state index contributed by atoms with van der Waals surface area (Å²) in [5, 5.41) is 3.80. The lowest BCUT2D eigenvalue weighted by molar-refractivity contribution is -0.121. The van der Waals surface area contributed by atoms with Crippen LogP contribution in [-0.2, 0) is 14.8 Å². The molecule has 2 aromatic rings. The van der Waals surface area contributed by atoms with Crippen LogP contribution in [0.3, 0.4) is 0 Å². The molecule has 0 aliphatic rings. The summed E-state index contributed by atoms with van der Waals surface area (Å²) < 4.78 is 31.5. The van der Waals surface area contributed by atoms with Crippen molar-refractivity contribution < 1.29 is 17.9 Å². The number of rotatable bonds is 7. The van der Waals surface area contributed by atoms with Gasteiger partial charge in [-0.05, 0) is 42.3 Å². The molecule has 1 aromatic carbocycles. The van der Waals surface area contributed by atoms with E-state index in [1.165, 1.54) is 26.4 Å². The van der Waals surface area contributed by atoms with Gasteiger partial charge in [0.15, 0.2) is 0 Å². The molecule has 2 rings (SSSR count). The summed E-state index contributed by atoms with van der Waals surface area (Å²) in [7, 11) is -1.17. The molecule has 1 N–H and O–H groups in total. The van der Waals surface area contributed by atoms with Gasteiger partial charge in [-0.2, -0.15) is 9.41 Å². The number of carbonyl (C=O) groups is 1. The van der Waals surface area contributed by atoms with Gasteiger partial charge in [0.05, 0.1) is 19.9 Å². The largest absolute Gasteiger partial charge is 0.495 e. The zero-order chi connectivity index (χ0) is 19.2. The summed E-state index contributed by atoms with van der Waals surface area (Å²) in [4.78, 5) is 15.8. The Balaban J connectivity index is 2.06. The van der Waals surface area contributed by atoms with E-state index in [0.29, 0.717) is 0 Å². The van der Waals surface area contributed by atoms with Crippen molar-refractivity contribution in [3.63, 3.8) is 0 Å². The first-order valence-corrected chi connectivity index (χ1v) is 9.11. The van der Waals surface area contributed by atoms with Gasteiger partial charge in [0, 0.05) is 19.4 Å². The van der Waals surface area contributed by atoms with Gasteiger partial charge in [0.2, 0.25) is 10.0 Å². The molecule has 26 heavy (non-hydrogen) atoms. The molecular weight excluding hydrogens is 356 g/mol. The number of hydrazone groups is 1. The van der Waals surface area contributed by atoms with E-state index < -0.39 is 15.9 Å². The van der Waals surface area contributed by atoms with E-state index in [-0.39, 0.29) is 17.2 Å². The van der Waals surface area contributed by atoms with Crippen LogP contribution in [0.15, 0.2) is 52.7 Å². The Bertz CT molecular complexity index is 898. The summed E-state index contributed by atoms with van der Waals surface area (Å²) in [5.41, 5.74) is 3.82. The molecule has 0 bridgehead atoms. The summed E-state index contributed by atoms with van der Waals surface area (Å²) in [6.07, 6.45) is 4.63. The number of nitrogens with zero attached hydrogens (tertiary/aromatic N) is 3. The Kier molecular flexibility index (Phi) is 6.42. The summed E-state index contributed by atoms with van der Waals surface area (Å²) in [6, 6.07) is 8.27. The average molecular weight is 376 g/mol. The second-order valence-electron chi connectivity index (χ2n) is 5.49. The molecule has 0 saturated heterocycles. The van der Waals surface area contributed by atoms with Gasteiger partial charge in [0.25, 0.3) is 5.91 Å². The molecule has 0 aliphatic heterocycles. The van der Waals surface area contributed by atoms with Crippen LogP contribution in [0.5, 0.6) is 5.75 Å². The predicted octanol–water partition coefficient (Wildman–Crippen LogP) is 1.17. The Morgan fingerprint density at radius 1 is 1.31 bits per heavy atom. The fourth-order valence-electron chi connectivity index (χ4n) is 2.10. The Morgan fingerprint density at radius 3 is 2.65 bits per heavy atom. The minimum atomic E-state index is -3.89. The number of benzene rings is 1. The first-order valence-electron chi connectivity index (χ1n) is 7.67. The minimum Gasteiger partial charge on any atom is -0.495 e. The first kappa shape index (κ1) is 19.5. The van der Waals surface area contributed by atoms with E-state index in [0.717, 1.165) is 15.4 Å². The quantitative estimate of drug-likeness (QED) is 0.577. The summed E-state index contributed by atoms with van der Waals surface area (Å²) in [5.74, 6) is -0.341. The SMILES string of the molecule is COc1ccc(C)cc1S(=O)(=O)N(C)CC(=O)NN=Cc1ccncc1. The average Bonchev–Trinajstić information content (AvgIpc) is 2.62. The molecule has 1 amide bonds. The lowest BCUT2D eigenvalue weighted by Gasteiger charge is -2.18. The van der Waals surface area contributed by atoms with Crippen molar-refractivity contribution in [1.29, 1.82) is 0 Å². The van der Waals surface area contributed by atoms with Crippen molar-refractivity contribution in [2.45, 2.75) is 11.8 Å². The lowest BCUT2D eigenvalue weighted by Crippen LogP contribution is -2.36. The van der Waals surface area contributed by atoms with Crippen LogP contribution in [0.1, 0.15) is 11.1 Å². The van der Waals surface area contributed by atoms with Gasteiger partial charge in [-0.1, -0.05) is 6.07 Å². The van der Waals surface area contributed by atoms with Crippen LogP contribution >= 0.6 is 0 Å². The maximum atomic E-state index is 12.7. The van der Waals surface area contributed by atoms with E-state index in [4.69, 9.17) is 4.74 Å². The molecule has 8 nitrogen and oxygen atoms in total. The van der Waals surface area contributed by atoms with E-state index in [1.54, 1.807) is 43.6 Å². The van der Waals surface area contributed by atoms with Gasteiger partial charge in [-0.25, -0.2) is 13.8 Å². The topological polar surface area (TPSA) is 101 Å². The van der Waals surface area contributed by atoms with Crippen molar-refractivity contribution in [1.82, 2.24) is 14.7 Å². The third-order valence-corrected chi connectivity index (χ3v) is 5.31. The van der Waals surface area contributed by atoms with Gasteiger partial charge in [-0.15, -0.1) is 0 Å². The Morgan fingerprint density at radius 2 is 2.00 bits per heavy atom. The van der Waals surface area contributed by atoms with Gasteiger partial charge in [-0.3, -0.25) is 9.78 Å². The Labute approximate surface area is 152 Å². The number of nitrogens with one attached hydrogen (secondary N) is 1. The van der Waals surface area contributed by atoms with Crippen LogP contribution in [0, 0.1) is 6.92 Å². The molecule has 138 valence electrons. The second-order valence-corrected chi connectivity index (χ2v) is 7.50. The van der Waals surface area contributed by atoms with Crippen molar-refractivity contribution in [2.75, 3.05) is 20.7 Å². The molecule has 1 aromatic heterocycles. The van der Waals surface area contributed by atoms with Crippen LogP contribution in [-0.4, -0.2) is 50.5 Å². The standard InChI is InChI=1S/C17H20N4O4S/c1-13-4-5-15(25-3)16(10-13)26(23,24)21(2)12-17(22)20-19-11-14-6-8-18-9-7-14/h4-11H,12H2,1-3H3,(H,20,22). The number of likely N-dealkylation sites (N-methyl/N-ethyl adjacent to an activating group) is 1. The highest BCUT2D eigenvalue weighted by molar-refractivity contribution is 7.89. The second kappa shape index (κ2) is 8.54. The number of carbonyl (C=O) groups excluding carboxylic acids is 1. The molecule has 0 aliphatic carbocycles. The number of aromatic nitrogens is 1. The van der Waals surface area contributed by atoms with Crippen LogP contribution in [0.2, 0.25) is 0 Å². The molecule has 0 atom stereocenters. The van der Waals surface area contributed by atoms with E-state index >= 15 is 0 Å². The van der Waals surface area contributed by atoms with Crippen molar-refractivity contribution in [3.8, 4) is 5.75 Å². The normalized spacial score (nSPS) is 11.7. The number of hydrogen-bond donors (Lipinski definition) is 1. The number of hydrogen-bond acceptors (Lipinski definition) is 6. The first-order chi connectivity index (χ1) is 12.3. The fraction of sp³-hybridized carbons (Fsp3) is 0.235. The highest BCUT2D eigenvalue weighted by Crippen LogP contribution is 2.26. The van der Waals surface area contributed by atoms with Crippen LogP contribution < -0.4 is 10.2 Å². The third kappa shape index (κ3) is 4.87. The lowest BCUT2D eigenvalue weighted by atomic mass is 10.2. The number of ether oxygens (including phenoxy) is 1. The van der Waals surface area contributed by atoms with Crippen LogP contribution in [0.4, 0.5) is 0 Å². The summed E-state index contributed by atoms with van der Waals surface area (Å²) in [6.45, 7) is 1.39. The Hall–Kier alpha value is -2.78. The number of aryl methyl sites for hydroxylation is 1. The zero-order valence-electron chi connectivity index (χ0n) is 14.7. The molecule has 0 fully saturated rings. The molecule has 0 spiro atoms. The maximum absolute atomic E-state index is 12.7. The number of sulfonamides is 1. The van der Waals surface area contributed by atoms with E-state index in [9.17, 15) is 13.2 Å². The molecule has 0 unspecified atom stereocenters. The number of amides is 1. The van der Waals surface area contributed by atoms with Crippen molar-refractivity contribution in [2.24, 2.45) is 5.10 Å². The highest BCUT2D eigenvalue weighted by atomic mass is 32.2. The number of pyridine rings is 1. The third-order valence-electron chi connectivity index (χ3n) is 3.48. The molecule has 0 saturated carbocycles.